The topological polar surface area (TPSA) is 61.3 Å². The fraction of sp³-hybridized carbons (Fsp3) is 0.308. The van der Waals surface area contributed by atoms with Crippen molar-refractivity contribution in [1.82, 2.24) is 5.16 Å². The van der Waals surface area contributed by atoms with Crippen molar-refractivity contribution in [2.24, 2.45) is 0 Å². The summed E-state index contributed by atoms with van der Waals surface area (Å²) in [6.07, 6.45) is 0.996. The van der Waals surface area contributed by atoms with Gasteiger partial charge < -0.3 is 15.0 Å². The van der Waals surface area contributed by atoms with Crippen LogP contribution in [0, 0.1) is 6.92 Å². The van der Waals surface area contributed by atoms with Gasteiger partial charge in [0, 0.05) is 5.56 Å². The summed E-state index contributed by atoms with van der Waals surface area (Å²) in [5.74, 6) is 1.47. The number of ether oxygens (including phenoxy) is 1. The second-order valence-electron chi connectivity index (χ2n) is 3.88. The molecule has 2 rings (SSSR count). The fourth-order valence-corrected chi connectivity index (χ4v) is 1.51. The SMILES string of the molecule is CCCOc1ccc(-c2onc(C)c2N)cc1. The van der Waals surface area contributed by atoms with Gasteiger partial charge in [-0.25, -0.2) is 0 Å². The Labute approximate surface area is 100 Å². The lowest BCUT2D eigenvalue weighted by atomic mass is 10.1. The van der Waals surface area contributed by atoms with Gasteiger partial charge in [-0.15, -0.1) is 0 Å². The quantitative estimate of drug-likeness (QED) is 0.880. The average molecular weight is 232 g/mol. The maximum absolute atomic E-state index is 5.87. The van der Waals surface area contributed by atoms with Gasteiger partial charge in [0.05, 0.1) is 6.61 Å². The molecule has 4 heteroatoms. The molecule has 17 heavy (non-hydrogen) atoms. The van der Waals surface area contributed by atoms with Crippen LogP contribution in [0.2, 0.25) is 0 Å². The number of benzene rings is 1. The zero-order valence-corrected chi connectivity index (χ0v) is 10.1. The van der Waals surface area contributed by atoms with Crippen molar-refractivity contribution in [3.05, 3.63) is 30.0 Å². The zero-order chi connectivity index (χ0) is 12.3. The van der Waals surface area contributed by atoms with E-state index in [-0.39, 0.29) is 0 Å². The normalized spacial score (nSPS) is 10.5. The van der Waals surface area contributed by atoms with E-state index in [2.05, 4.69) is 12.1 Å². The van der Waals surface area contributed by atoms with Crippen LogP contribution < -0.4 is 10.5 Å². The summed E-state index contributed by atoms with van der Waals surface area (Å²) in [4.78, 5) is 0. The lowest BCUT2D eigenvalue weighted by Crippen LogP contribution is -1.94. The smallest absolute Gasteiger partial charge is 0.189 e. The Bertz CT molecular complexity index is 489. The van der Waals surface area contributed by atoms with Crippen molar-refractivity contribution in [1.29, 1.82) is 0 Å². The second-order valence-corrected chi connectivity index (χ2v) is 3.88. The second kappa shape index (κ2) is 4.91. The summed E-state index contributed by atoms with van der Waals surface area (Å²) < 4.78 is 10.7. The molecular formula is C13H16N2O2. The lowest BCUT2D eigenvalue weighted by molar-refractivity contribution is 0.317. The third kappa shape index (κ3) is 2.41. The highest BCUT2D eigenvalue weighted by Gasteiger charge is 2.11. The molecule has 0 bridgehead atoms. The first-order valence-electron chi connectivity index (χ1n) is 5.67. The molecule has 0 aliphatic carbocycles. The first-order valence-corrected chi connectivity index (χ1v) is 5.67. The van der Waals surface area contributed by atoms with Crippen molar-refractivity contribution in [3.63, 3.8) is 0 Å². The fourth-order valence-electron chi connectivity index (χ4n) is 1.51. The van der Waals surface area contributed by atoms with E-state index in [1.165, 1.54) is 0 Å². The van der Waals surface area contributed by atoms with Gasteiger partial charge in [-0.05, 0) is 37.6 Å². The van der Waals surface area contributed by atoms with Crippen LogP contribution in [-0.4, -0.2) is 11.8 Å². The Morgan fingerprint density at radius 1 is 1.29 bits per heavy atom. The van der Waals surface area contributed by atoms with Gasteiger partial charge in [-0.2, -0.15) is 0 Å². The van der Waals surface area contributed by atoms with Gasteiger partial charge in [0.25, 0.3) is 0 Å². The molecule has 1 heterocycles. The molecule has 2 aromatic rings. The molecule has 0 fully saturated rings. The number of aromatic nitrogens is 1. The number of anilines is 1. The Balaban J connectivity index is 2.20. The van der Waals surface area contributed by atoms with Crippen LogP contribution >= 0.6 is 0 Å². The van der Waals surface area contributed by atoms with E-state index in [1.807, 2.05) is 31.2 Å². The van der Waals surface area contributed by atoms with Gasteiger partial charge in [0.1, 0.15) is 17.1 Å². The van der Waals surface area contributed by atoms with Gasteiger partial charge in [0.2, 0.25) is 0 Å². The van der Waals surface area contributed by atoms with Gasteiger partial charge >= 0.3 is 0 Å². The Hall–Kier alpha value is -1.97. The molecule has 0 aliphatic rings. The van der Waals surface area contributed by atoms with Crippen molar-refractivity contribution in [2.75, 3.05) is 12.3 Å². The highest BCUT2D eigenvalue weighted by molar-refractivity contribution is 5.72. The molecule has 0 saturated carbocycles. The molecule has 0 saturated heterocycles. The van der Waals surface area contributed by atoms with Gasteiger partial charge in [-0.1, -0.05) is 12.1 Å². The zero-order valence-electron chi connectivity index (χ0n) is 10.1. The van der Waals surface area contributed by atoms with Crippen LogP contribution in [0.5, 0.6) is 5.75 Å². The largest absolute Gasteiger partial charge is 0.494 e. The molecule has 1 aromatic heterocycles. The average Bonchev–Trinajstić information content (AvgIpc) is 2.68. The number of aryl methyl sites for hydroxylation is 1. The summed E-state index contributed by atoms with van der Waals surface area (Å²) >= 11 is 0. The van der Waals surface area contributed by atoms with E-state index < -0.39 is 0 Å². The van der Waals surface area contributed by atoms with Crippen molar-refractivity contribution < 1.29 is 9.26 Å². The minimum absolute atomic E-state index is 0.590. The third-order valence-corrected chi connectivity index (χ3v) is 2.50. The van der Waals surface area contributed by atoms with Crippen LogP contribution in [0.15, 0.2) is 28.8 Å². The molecule has 0 spiro atoms. The monoisotopic (exact) mass is 232 g/mol. The highest BCUT2D eigenvalue weighted by atomic mass is 16.5. The number of nitrogens with zero attached hydrogens (tertiary/aromatic N) is 1. The van der Waals surface area contributed by atoms with E-state index in [1.54, 1.807) is 0 Å². The molecule has 0 amide bonds. The number of nitrogens with two attached hydrogens (primary N) is 1. The summed E-state index contributed by atoms with van der Waals surface area (Å²) in [6, 6.07) is 7.65. The Morgan fingerprint density at radius 3 is 2.53 bits per heavy atom. The Morgan fingerprint density at radius 2 is 2.00 bits per heavy atom. The molecule has 2 N–H and O–H groups in total. The van der Waals surface area contributed by atoms with E-state index in [0.717, 1.165) is 24.3 Å². The standard InChI is InChI=1S/C13H16N2O2/c1-3-8-16-11-6-4-10(5-7-11)13-12(14)9(2)15-17-13/h4-7H,3,8,14H2,1-2H3. The highest BCUT2D eigenvalue weighted by Crippen LogP contribution is 2.29. The van der Waals surface area contributed by atoms with E-state index in [9.17, 15) is 0 Å². The van der Waals surface area contributed by atoms with Crippen LogP contribution in [0.25, 0.3) is 11.3 Å². The maximum Gasteiger partial charge on any atom is 0.189 e. The van der Waals surface area contributed by atoms with Crippen LogP contribution in [0.3, 0.4) is 0 Å². The summed E-state index contributed by atoms with van der Waals surface area (Å²) in [5, 5.41) is 3.83. The molecule has 0 radical (unpaired) electrons. The molecular weight excluding hydrogens is 216 g/mol. The molecule has 4 nitrogen and oxygen atoms in total. The first kappa shape index (κ1) is 11.5. The van der Waals surface area contributed by atoms with E-state index >= 15 is 0 Å². The number of nitrogen functional groups attached to an aromatic ring is 1. The van der Waals surface area contributed by atoms with Crippen LogP contribution in [-0.2, 0) is 0 Å². The Kier molecular flexibility index (Phi) is 3.32. The maximum atomic E-state index is 5.87. The van der Waals surface area contributed by atoms with E-state index in [4.69, 9.17) is 15.0 Å². The number of hydrogen-bond acceptors (Lipinski definition) is 4. The molecule has 1 aromatic carbocycles. The predicted molar refractivity (Wildman–Crippen MR) is 66.9 cm³/mol. The summed E-state index contributed by atoms with van der Waals surface area (Å²) in [6.45, 7) is 4.62. The minimum Gasteiger partial charge on any atom is -0.494 e. The van der Waals surface area contributed by atoms with Crippen molar-refractivity contribution >= 4 is 5.69 Å². The van der Waals surface area contributed by atoms with Gasteiger partial charge in [0.15, 0.2) is 5.76 Å². The third-order valence-electron chi connectivity index (χ3n) is 2.50. The summed E-state index contributed by atoms with van der Waals surface area (Å²) in [5.41, 5.74) is 8.08. The number of hydrogen-bond donors (Lipinski definition) is 1. The molecule has 90 valence electrons. The van der Waals surface area contributed by atoms with E-state index in [0.29, 0.717) is 17.1 Å². The lowest BCUT2D eigenvalue weighted by Gasteiger charge is -2.04. The number of rotatable bonds is 4. The van der Waals surface area contributed by atoms with Crippen LogP contribution in [0.4, 0.5) is 5.69 Å². The van der Waals surface area contributed by atoms with Crippen LogP contribution in [0.1, 0.15) is 19.0 Å². The predicted octanol–water partition coefficient (Wildman–Crippen LogP) is 3.02. The summed E-state index contributed by atoms with van der Waals surface area (Å²) in [7, 11) is 0. The molecule has 0 atom stereocenters. The van der Waals surface area contributed by atoms with Crippen molar-refractivity contribution in [3.8, 4) is 17.1 Å². The van der Waals surface area contributed by atoms with Crippen molar-refractivity contribution in [2.45, 2.75) is 20.3 Å². The molecule has 0 unspecified atom stereocenters. The molecule has 0 aliphatic heterocycles. The minimum atomic E-state index is 0.590. The first-order chi connectivity index (χ1) is 8.22. The van der Waals surface area contributed by atoms with Gasteiger partial charge in [-0.3, -0.25) is 0 Å².